The van der Waals surface area contributed by atoms with Gasteiger partial charge in [0, 0.05) is 25.2 Å². The zero-order valence-electron chi connectivity index (χ0n) is 17.5. The Hall–Kier alpha value is -3.17. The van der Waals surface area contributed by atoms with E-state index in [-0.39, 0.29) is 11.7 Å². The smallest absolute Gasteiger partial charge is 0.321 e. The van der Waals surface area contributed by atoms with E-state index >= 15 is 0 Å². The van der Waals surface area contributed by atoms with Crippen LogP contribution in [0.25, 0.3) is 0 Å². The number of benzene rings is 1. The number of nitro groups is 1. The van der Waals surface area contributed by atoms with Gasteiger partial charge in [0.2, 0.25) is 0 Å². The van der Waals surface area contributed by atoms with Gasteiger partial charge in [-0.15, -0.1) is 0 Å². The third-order valence-electron chi connectivity index (χ3n) is 5.84. The summed E-state index contributed by atoms with van der Waals surface area (Å²) in [6, 6.07) is 6.02. The summed E-state index contributed by atoms with van der Waals surface area (Å²) in [5.74, 6) is -1.57. The summed E-state index contributed by atoms with van der Waals surface area (Å²) in [5.41, 5.74) is 0.560. The van der Waals surface area contributed by atoms with Crippen molar-refractivity contribution in [3.05, 3.63) is 34.4 Å². The van der Waals surface area contributed by atoms with Crippen LogP contribution in [0.4, 0.5) is 16.2 Å². The molecule has 1 aromatic rings. The third kappa shape index (κ3) is 5.93. The van der Waals surface area contributed by atoms with E-state index in [1.807, 2.05) is 4.90 Å². The predicted octanol–water partition coefficient (Wildman–Crippen LogP) is 2.51. The summed E-state index contributed by atoms with van der Waals surface area (Å²) in [4.78, 5) is 49.2. The molecule has 1 saturated carbocycles. The van der Waals surface area contributed by atoms with Crippen molar-refractivity contribution in [2.75, 3.05) is 18.0 Å². The van der Waals surface area contributed by atoms with Crippen molar-refractivity contribution in [1.82, 2.24) is 10.6 Å². The second-order valence-electron chi connectivity index (χ2n) is 8.03. The topological polar surface area (TPSA) is 131 Å². The van der Waals surface area contributed by atoms with Gasteiger partial charge in [0.05, 0.1) is 10.8 Å². The predicted molar refractivity (Wildman–Crippen MR) is 113 cm³/mol. The SMILES string of the molecule is CC(OC(=O)C1CCN(c2ccccc2[N+](=O)[O-])CC1)C(=O)NC(=O)NC1CCCC1. The van der Waals surface area contributed by atoms with Crippen molar-refractivity contribution in [3.8, 4) is 0 Å². The summed E-state index contributed by atoms with van der Waals surface area (Å²) in [7, 11) is 0. The fourth-order valence-electron chi connectivity index (χ4n) is 4.07. The number of nitrogens with one attached hydrogen (secondary N) is 2. The average molecular weight is 432 g/mol. The first-order valence-corrected chi connectivity index (χ1v) is 10.7. The Morgan fingerprint density at radius 2 is 1.77 bits per heavy atom. The lowest BCUT2D eigenvalue weighted by Gasteiger charge is -2.32. The van der Waals surface area contributed by atoms with Gasteiger partial charge in [0.25, 0.3) is 11.6 Å². The Bertz CT molecular complexity index is 831. The van der Waals surface area contributed by atoms with E-state index in [1.165, 1.54) is 13.0 Å². The molecule has 3 amide bonds. The standard InChI is InChI=1S/C21H28N4O6/c1-14(19(26)23-21(28)22-16-6-2-3-7-16)31-20(27)15-10-12-24(13-11-15)17-8-4-5-9-18(17)25(29)30/h4-5,8-9,14-16H,2-3,6-7,10-13H2,1H3,(H2,22,23,26,28). The number of carbonyl (C=O) groups is 3. The molecule has 1 aliphatic heterocycles. The molecule has 31 heavy (non-hydrogen) atoms. The summed E-state index contributed by atoms with van der Waals surface area (Å²) < 4.78 is 5.27. The second-order valence-corrected chi connectivity index (χ2v) is 8.03. The van der Waals surface area contributed by atoms with Gasteiger partial charge in [-0.05, 0) is 38.7 Å². The molecule has 2 N–H and O–H groups in total. The Kier molecular flexibility index (Phi) is 7.43. The molecule has 2 fully saturated rings. The Balaban J connectivity index is 1.45. The maximum Gasteiger partial charge on any atom is 0.321 e. The van der Waals surface area contributed by atoms with Crippen LogP contribution in [0.5, 0.6) is 0 Å². The Morgan fingerprint density at radius 3 is 2.42 bits per heavy atom. The number of amides is 3. The maximum atomic E-state index is 12.5. The van der Waals surface area contributed by atoms with Gasteiger partial charge in [-0.3, -0.25) is 25.0 Å². The van der Waals surface area contributed by atoms with E-state index in [0.29, 0.717) is 31.6 Å². The molecular weight excluding hydrogens is 404 g/mol. The highest BCUT2D eigenvalue weighted by Gasteiger charge is 2.31. The number of ether oxygens (including phenoxy) is 1. The maximum absolute atomic E-state index is 12.5. The van der Waals surface area contributed by atoms with Crippen molar-refractivity contribution in [2.24, 2.45) is 5.92 Å². The summed E-state index contributed by atoms with van der Waals surface area (Å²) in [6.07, 6.45) is 3.75. The Morgan fingerprint density at radius 1 is 1.13 bits per heavy atom. The highest BCUT2D eigenvalue weighted by molar-refractivity contribution is 5.97. The van der Waals surface area contributed by atoms with Crippen molar-refractivity contribution in [3.63, 3.8) is 0 Å². The van der Waals surface area contributed by atoms with Gasteiger partial charge in [-0.25, -0.2) is 4.79 Å². The third-order valence-corrected chi connectivity index (χ3v) is 5.84. The van der Waals surface area contributed by atoms with Crippen molar-refractivity contribution < 1.29 is 24.0 Å². The van der Waals surface area contributed by atoms with Crippen molar-refractivity contribution >= 4 is 29.3 Å². The lowest BCUT2D eigenvalue weighted by molar-refractivity contribution is -0.384. The monoisotopic (exact) mass is 432 g/mol. The minimum Gasteiger partial charge on any atom is -0.452 e. The molecule has 1 saturated heterocycles. The van der Waals surface area contributed by atoms with Crippen LogP contribution in [0.2, 0.25) is 0 Å². The number of nitrogens with zero attached hydrogens (tertiary/aromatic N) is 2. The van der Waals surface area contributed by atoms with E-state index in [9.17, 15) is 24.5 Å². The zero-order valence-corrected chi connectivity index (χ0v) is 17.5. The molecule has 1 heterocycles. The van der Waals surface area contributed by atoms with Gasteiger partial charge < -0.3 is 15.0 Å². The first-order valence-electron chi connectivity index (χ1n) is 10.7. The molecule has 0 spiro atoms. The van der Waals surface area contributed by atoms with Crippen LogP contribution >= 0.6 is 0 Å². The Labute approximate surface area is 180 Å². The van der Waals surface area contributed by atoms with Gasteiger partial charge in [-0.1, -0.05) is 25.0 Å². The molecule has 0 radical (unpaired) electrons. The zero-order chi connectivity index (χ0) is 22.4. The number of nitro benzene ring substituents is 1. The lowest BCUT2D eigenvalue weighted by atomic mass is 9.96. The van der Waals surface area contributed by atoms with E-state index in [4.69, 9.17) is 4.74 Å². The molecule has 10 heteroatoms. The number of imide groups is 1. The molecule has 3 rings (SSSR count). The number of urea groups is 1. The highest BCUT2D eigenvalue weighted by Crippen LogP contribution is 2.31. The van der Waals surface area contributed by atoms with E-state index < -0.39 is 34.9 Å². The van der Waals surface area contributed by atoms with Crippen LogP contribution in [0.1, 0.15) is 45.4 Å². The molecule has 1 aliphatic carbocycles. The van der Waals surface area contributed by atoms with Crippen molar-refractivity contribution in [2.45, 2.75) is 57.6 Å². The van der Waals surface area contributed by atoms with Crippen LogP contribution in [0.3, 0.4) is 0 Å². The number of piperidine rings is 1. The molecule has 168 valence electrons. The fraction of sp³-hybridized carbons (Fsp3) is 0.571. The van der Waals surface area contributed by atoms with Crippen LogP contribution in [0.15, 0.2) is 24.3 Å². The molecule has 1 unspecified atom stereocenters. The number of carbonyl (C=O) groups excluding carboxylic acids is 3. The number of anilines is 1. The van der Waals surface area contributed by atoms with Crippen LogP contribution in [-0.2, 0) is 14.3 Å². The molecule has 10 nitrogen and oxygen atoms in total. The molecule has 1 aromatic carbocycles. The number of hydrogen-bond donors (Lipinski definition) is 2. The fourth-order valence-corrected chi connectivity index (χ4v) is 4.07. The summed E-state index contributed by atoms with van der Waals surface area (Å²) in [5, 5.41) is 16.2. The number of esters is 1. The number of para-hydroxylation sites is 2. The summed E-state index contributed by atoms with van der Waals surface area (Å²) >= 11 is 0. The van der Waals surface area contributed by atoms with E-state index in [2.05, 4.69) is 10.6 Å². The largest absolute Gasteiger partial charge is 0.452 e. The minimum atomic E-state index is -1.09. The minimum absolute atomic E-state index is 0.0321. The average Bonchev–Trinajstić information content (AvgIpc) is 3.26. The van der Waals surface area contributed by atoms with Crippen molar-refractivity contribution in [1.29, 1.82) is 0 Å². The molecule has 2 aliphatic rings. The molecule has 1 atom stereocenters. The lowest BCUT2D eigenvalue weighted by Crippen LogP contribution is -2.47. The molecule has 0 bridgehead atoms. The van der Waals surface area contributed by atoms with Gasteiger partial charge in [-0.2, -0.15) is 0 Å². The normalized spacial score (nSPS) is 18.3. The molecular formula is C21H28N4O6. The first-order chi connectivity index (χ1) is 14.8. The van der Waals surface area contributed by atoms with Crippen LogP contribution in [0, 0.1) is 16.0 Å². The summed E-state index contributed by atoms with van der Waals surface area (Å²) in [6.45, 7) is 2.36. The number of rotatable bonds is 6. The van der Waals surface area contributed by atoms with Gasteiger partial charge in [0.1, 0.15) is 5.69 Å². The molecule has 0 aromatic heterocycles. The number of hydrogen-bond acceptors (Lipinski definition) is 7. The van der Waals surface area contributed by atoms with E-state index in [1.54, 1.807) is 18.2 Å². The van der Waals surface area contributed by atoms with E-state index in [0.717, 1.165) is 25.7 Å². The first kappa shape index (κ1) is 22.5. The second kappa shape index (κ2) is 10.2. The highest BCUT2D eigenvalue weighted by atomic mass is 16.6. The van der Waals surface area contributed by atoms with Crippen LogP contribution < -0.4 is 15.5 Å². The van der Waals surface area contributed by atoms with Gasteiger partial charge >= 0.3 is 12.0 Å². The van der Waals surface area contributed by atoms with Gasteiger partial charge in [0.15, 0.2) is 6.10 Å². The van der Waals surface area contributed by atoms with Crippen LogP contribution in [-0.4, -0.2) is 48.1 Å². The quantitative estimate of drug-likeness (QED) is 0.401.